The lowest BCUT2D eigenvalue weighted by atomic mass is 10.1. The van der Waals surface area contributed by atoms with Crippen molar-refractivity contribution < 1.29 is 4.79 Å². The number of carbonyl (C=O) groups excluding carboxylic acids is 1. The minimum atomic E-state index is -0.194. The number of nitrogens with two attached hydrogens (primary N) is 1. The molecule has 1 aromatic heterocycles. The Morgan fingerprint density at radius 1 is 1.38 bits per heavy atom. The van der Waals surface area contributed by atoms with Crippen molar-refractivity contribution in [2.75, 3.05) is 11.5 Å². The van der Waals surface area contributed by atoms with Gasteiger partial charge in [-0.25, -0.2) is 5.43 Å². The monoisotopic (exact) mass is 321 g/mol. The summed E-state index contributed by atoms with van der Waals surface area (Å²) < 4.78 is 0.668. The number of aromatic nitrogens is 2. The third-order valence-corrected chi connectivity index (χ3v) is 4.45. The van der Waals surface area contributed by atoms with Crippen LogP contribution in [0.25, 0.3) is 0 Å². The zero-order chi connectivity index (χ0) is 15.2. The molecule has 1 aromatic carbocycles. The first-order chi connectivity index (χ1) is 10.0. The lowest BCUT2D eigenvalue weighted by Crippen LogP contribution is -2.21. The van der Waals surface area contributed by atoms with E-state index >= 15 is 0 Å². The smallest absolute Gasteiger partial charge is 0.250 e. The molecule has 0 saturated carbocycles. The molecule has 110 valence electrons. The molecule has 0 unspecified atom stereocenters. The van der Waals surface area contributed by atoms with Crippen molar-refractivity contribution in [3.63, 3.8) is 0 Å². The Balaban J connectivity index is 1.84. The summed E-state index contributed by atoms with van der Waals surface area (Å²) in [6, 6.07) is 7.95. The van der Waals surface area contributed by atoms with Crippen LogP contribution in [-0.2, 0) is 4.79 Å². The molecule has 8 heteroatoms. The number of nitrogen functional groups attached to an aromatic ring is 1. The quantitative estimate of drug-likeness (QED) is 0.499. The van der Waals surface area contributed by atoms with E-state index in [0.717, 1.165) is 11.3 Å². The normalized spacial score (nSPS) is 11.4. The molecule has 0 aliphatic carbocycles. The van der Waals surface area contributed by atoms with Gasteiger partial charge in [-0.15, -0.1) is 10.2 Å². The molecule has 0 bridgehead atoms. The number of rotatable bonds is 5. The van der Waals surface area contributed by atoms with Crippen molar-refractivity contribution in [1.29, 1.82) is 0 Å². The average Bonchev–Trinajstić information content (AvgIpc) is 2.89. The predicted octanol–water partition coefficient (Wildman–Crippen LogP) is 2.06. The van der Waals surface area contributed by atoms with E-state index in [4.69, 9.17) is 5.73 Å². The van der Waals surface area contributed by atoms with Crippen molar-refractivity contribution in [2.45, 2.75) is 18.2 Å². The molecule has 0 fully saturated rings. The lowest BCUT2D eigenvalue weighted by molar-refractivity contribution is -0.118. The number of nitrogens with one attached hydrogen (secondary N) is 1. The zero-order valence-electron chi connectivity index (χ0n) is 11.7. The van der Waals surface area contributed by atoms with Gasteiger partial charge in [-0.1, -0.05) is 52.9 Å². The van der Waals surface area contributed by atoms with E-state index in [2.05, 4.69) is 20.7 Å². The Morgan fingerprint density at radius 3 is 2.71 bits per heavy atom. The zero-order valence-corrected chi connectivity index (χ0v) is 13.3. The second kappa shape index (κ2) is 7.19. The molecule has 0 aliphatic rings. The highest BCUT2D eigenvalue weighted by atomic mass is 32.2. The molecular weight excluding hydrogens is 306 g/mol. The van der Waals surface area contributed by atoms with Crippen LogP contribution in [0.3, 0.4) is 0 Å². The van der Waals surface area contributed by atoms with E-state index < -0.39 is 0 Å². The maximum atomic E-state index is 11.7. The van der Waals surface area contributed by atoms with Gasteiger partial charge in [-0.2, -0.15) is 5.10 Å². The number of thioether (sulfide) groups is 1. The largest absolute Gasteiger partial charge is 0.374 e. The second-order valence-electron chi connectivity index (χ2n) is 4.29. The highest BCUT2D eigenvalue weighted by molar-refractivity contribution is 8.01. The number of nitrogens with zero attached hydrogens (tertiary/aromatic N) is 3. The summed E-state index contributed by atoms with van der Waals surface area (Å²) in [4.78, 5) is 11.7. The number of benzene rings is 1. The van der Waals surface area contributed by atoms with Gasteiger partial charge < -0.3 is 5.73 Å². The molecule has 1 amide bonds. The van der Waals surface area contributed by atoms with E-state index in [-0.39, 0.29) is 11.7 Å². The molecule has 0 radical (unpaired) electrons. The van der Waals surface area contributed by atoms with Crippen LogP contribution in [0.5, 0.6) is 0 Å². The van der Waals surface area contributed by atoms with Gasteiger partial charge in [0, 0.05) is 0 Å². The summed E-state index contributed by atoms with van der Waals surface area (Å²) in [6.07, 6.45) is 0. The van der Waals surface area contributed by atoms with Crippen LogP contribution in [0.15, 0.2) is 33.7 Å². The van der Waals surface area contributed by atoms with Crippen LogP contribution in [-0.4, -0.2) is 27.6 Å². The van der Waals surface area contributed by atoms with Gasteiger partial charge in [0.1, 0.15) is 0 Å². The average molecular weight is 321 g/mol. The summed E-state index contributed by atoms with van der Waals surface area (Å²) in [5, 5.41) is 12.0. The van der Waals surface area contributed by atoms with E-state index in [9.17, 15) is 4.79 Å². The Hall–Kier alpha value is -1.93. The summed E-state index contributed by atoms with van der Waals surface area (Å²) in [5.74, 6) is 0.0273. The van der Waals surface area contributed by atoms with Gasteiger partial charge in [0.2, 0.25) is 5.13 Å². The van der Waals surface area contributed by atoms with Crippen molar-refractivity contribution in [3.05, 3.63) is 35.4 Å². The highest BCUT2D eigenvalue weighted by Gasteiger charge is 2.06. The molecule has 2 rings (SSSR count). The maximum Gasteiger partial charge on any atom is 0.250 e. The van der Waals surface area contributed by atoms with Crippen LogP contribution in [0.1, 0.15) is 18.1 Å². The van der Waals surface area contributed by atoms with Gasteiger partial charge in [-0.05, 0) is 19.4 Å². The summed E-state index contributed by atoms with van der Waals surface area (Å²) >= 11 is 2.54. The fraction of sp³-hybridized carbons (Fsp3) is 0.231. The fourth-order valence-electron chi connectivity index (χ4n) is 1.44. The van der Waals surface area contributed by atoms with Crippen LogP contribution in [0.2, 0.25) is 0 Å². The van der Waals surface area contributed by atoms with E-state index in [1.165, 1.54) is 28.7 Å². The third kappa shape index (κ3) is 4.83. The maximum absolute atomic E-state index is 11.7. The molecule has 0 saturated heterocycles. The minimum Gasteiger partial charge on any atom is -0.374 e. The Morgan fingerprint density at radius 2 is 2.10 bits per heavy atom. The summed E-state index contributed by atoms with van der Waals surface area (Å²) in [6.45, 7) is 3.87. The van der Waals surface area contributed by atoms with Crippen LogP contribution in [0.4, 0.5) is 5.13 Å². The number of hydrogen-bond acceptors (Lipinski definition) is 7. The van der Waals surface area contributed by atoms with Crippen molar-refractivity contribution in [2.24, 2.45) is 5.10 Å². The molecule has 0 aliphatic heterocycles. The van der Waals surface area contributed by atoms with Gasteiger partial charge in [0.15, 0.2) is 4.34 Å². The minimum absolute atomic E-state index is 0.194. The molecule has 0 spiro atoms. The van der Waals surface area contributed by atoms with E-state index in [1.807, 2.05) is 38.1 Å². The van der Waals surface area contributed by atoms with Gasteiger partial charge in [0.25, 0.3) is 5.91 Å². The number of hydrazone groups is 1. The van der Waals surface area contributed by atoms with Crippen LogP contribution >= 0.6 is 23.1 Å². The number of anilines is 1. The molecule has 2 aromatic rings. The Labute approximate surface area is 130 Å². The first-order valence-electron chi connectivity index (χ1n) is 6.16. The topological polar surface area (TPSA) is 93.3 Å². The van der Waals surface area contributed by atoms with E-state index in [0.29, 0.717) is 9.47 Å². The number of carbonyl (C=O) groups is 1. The van der Waals surface area contributed by atoms with Crippen molar-refractivity contribution >= 4 is 39.8 Å². The first kappa shape index (κ1) is 15.5. The molecule has 3 N–H and O–H groups in total. The van der Waals surface area contributed by atoms with Crippen molar-refractivity contribution in [3.8, 4) is 0 Å². The summed E-state index contributed by atoms with van der Waals surface area (Å²) in [5.41, 5.74) is 10.9. The van der Waals surface area contributed by atoms with Gasteiger partial charge in [-0.3, -0.25) is 4.79 Å². The van der Waals surface area contributed by atoms with Crippen LogP contribution < -0.4 is 11.2 Å². The third-order valence-electron chi connectivity index (χ3n) is 2.57. The summed E-state index contributed by atoms with van der Waals surface area (Å²) in [7, 11) is 0. The SMILES string of the molecule is C/C(=N\NC(=O)CSc1nnc(N)s1)c1ccc(C)cc1. The first-order valence-corrected chi connectivity index (χ1v) is 7.97. The Kier molecular flexibility index (Phi) is 5.29. The number of aryl methyl sites for hydroxylation is 1. The van der Waals surface area contributed by atoms with Crippen molar-refractivity contribution in [1.82, 2.24) is 15.6 Å². The van der Waals surface area contributed by atoms with Crippen LogP contribution in [0, 0.1) is 6.92 Å². The van der Waals surface area contributed by atoms with Gasteiger partial charge >= 0.3 is 0 Å². The molecule has 0 atom stereocenters. The van der Waals surface area contributed by atoms with Gasteiger partial charge in [0.05, 0.1) is 11.5 Å². The van der Waals surface area contributed by atoms with E-state index in [1.54, 1.807) is 0 Å². The molecular formula is C13H15N5OS2. The Bertz CT molecular complexity index is 651. The highest BCUT2D eigenvalue weighted by Crippen LogP contribution is 2.22. The number of amides is 1. The predicted molar refractivity (Wildman–Crippen MR) is 86.6 cm³/mol. The molecule has 21 heavy (non-hydrogen) atoms. The number of hydrogen-bond donors (Lipinski definition) is 2. The second-order valence-corrected chi connectivity index (χ2v) is 6.52. The lowest BCUT2D eigenvalue weighted by Gasteiger charge is -2.02. The standard InChI is InChI=1S/C13H15N5OS2/c1-8-3-5-10(6-4-8)9(2)15-16-11(19)7-20-13-18-17-12(14)21-13/h3-6H,7H2,1-2H3,(H2,14,17)(H,16,19)/b15-9+. The molecule has 6 nitrogen and oxygen atoms in total. The molecule has 1 heterocycles. The fourth-order valence-corrected chi connectivity index (χ4v) is 2.87.